The van der Waals surface area contributed by atoms with E-state index in [2.05, 4.69) is 5.32 Å². The van der Waals surface area contributed by atoms with Gasteiger partial charge in [0, 0.05) is 18.3 Å². The van der Waals surface area contributed by atoms with E-state index in [0.29, 0.717) is 12.2 Å². The minimum Gasteiger partial charge on any atom is -0.388 e. The molecule has 0 aromatic heterocycles. The Morgan fingerprint density at radius 3 is 2.70 bits per heavy atom. The Morgan fingerprint density at radius 2 is 2.10 bits per heavy atom. The Bertz CT molecular complexity index is 545. The molecular weight excluding hydrogens is 258 g/mol. The Balaban J connectivity index is 2.07. The van der Waals surface area contributed by atoms with Crippen LogP contribution >= 0.6 is 0 Å². The van der Waals surface area contributed by atoms with Crippen molar-refractivity contribution in [1.29, 1.82) is 5.26 Å². The lowest BCUT2D eigenvalue weighted by molar-refractivity contribution is -0.385. The Labute approximate surface area is 117 Å². The highest BCUT2D eigenvalue weighted by molar-refractivity contribution is 5.58. The monoisotopic (exact) mass is 275 g/mol. The van der Waals surface area contributed by atoms with Gasteiger partial charge in [-0.3, -0.25) is 10.1 Å². The summed E-state index contributed by atoms with van der Waals surface area (Å²) in [6.45, 7) is 0.398. The van der Waals surface area contributed by atoms with E-state index in [1.54, 1.807) is 6.07 Å². The van der Waals surface area contributed by atoms with E-state index < -0.39 is 10.5 Å². The minimum atomic E-state index is -0.715. The fourth-order valence-corrected chi connectivity index (χ4v) is 2.55. The molecule has 0 aliphatic heterocycles. The highest BCUT2D eigenvalue weighted by Crippen LogP contribution is 2.29. The third kappa shape index (κ3) is 3.25. The Kier molecular flexibility index (Phi) is 4.20. The molecule has 1 aliphatic carbocycles. The van der Waals surface area contributed by atoms with E-state index in [1.807, 2.05) is 6.07 Å². The van der Waals surface area contributed by atoms with E-state index in [1.165, 1.54) is 12.1 Å². The van der Waals surface area contributed by atoms with Gasteiger partial charge in [0.2, 0.25) is 0 Å². The van der Waals surface area contributed by atoms with Crippen LogP contribution in [0.3, 0.4) is 0 Å². The number of nitro benzene ring substituents is 1. The lowest BCUT2D eigenvalue weighted by Gasteiger charge is -2.32. The van der Waals surface area contributed by atoms with E-state index >= 15 is 0 Å². The fraction of sp³-hybridized carbons (Fsp3) is 0.500. The summed E-state index contributed by atoms with van der Waals surface area (Å²) in [5.74, 6) is 0. The summed E-state index contributed by atoms with van der Waals surface area (Å²) in [4.78, 5) is 10.2. The maximum absolute atomic E-state index is 10.7. The fourth-order valence-electron chi connectivity index (χ4n) is 2.55. The van der Waals surface area contributed by atoms with Crippen molar-refractivity contribution >= 4 is 11.4 Å². The summed E-state index contributed by atoms with van der Waals surface area (Å²) < 4.78 is 0. The maximum atomic E-state index is 10.7. The van der Waals surface area contributed by atoms with Crippen LogP contribution in [0.5, 0.6) is 0 Å². The van der Waals surface area contributed by atoms with Gasteiger partial charge in [-0.15, -0.1) is 0 Å². The summed E-state index contributed by atoms with van der Waals surface area (Å²) in [6.07, 6.45) is 4.71. The van der Waals surface area contributed by atoms with Crippen molar-refractivity contribution in [3.05, 3.63) is 33.9 Å². The van der Waals surface area contributed by atoms with Crippen LogP contribution in [-0.2, 0) is 0 Å². The molecule has 1 fully saturated rings. The highest BCUT2D eigenvalue weighted by Gasteiger charge is 2.28. The highest BCUT2D eigenvalue weighted by atomic mass is 16.6. The van der Waals surface area contributed by atoms with Crippen LogP contribution in [0.25, 0.3) is 0 Å². The number of nitrogens with zero attached hydrogens (tertiary/aromatic N) is 2. The van der Waals surface area contributed by atoms with E-state index in [-0.39, 0.29) is 11.3 Å². The molecule has 0 radical (unpaired) electrons. The van der Waals surface area contributed by atoms with Crippen LogP contribution in [-0.4, -0.2) is 22.2 Å². The number of hydrogen-bond acceptors (Lipinski definition) is 5. The molecule has 20 heavy (non-hydrogen) atoms. The van der Waals surface area contributed by atoms with E-state index in [9.17, 15) is 15.2 Å². The predicted octanol–water partition coefficient (Wildman–Crippen LogP) is 2.57. The lowest BCUT2D eigenvalue weighted by atomic mass is 9.85. The van der Waals surface area contributed by atoms with Crippen molar-refractivity contribution < 1.29 is 10.0 Å². The third-order valence-electron chi connectivity index (χ3n) is 3.72. The molecule has 0 atom stereocenters. The topological polar surface area (TPSA) is 99.2 Å². The zero-order valence-corrected chi connectivity index (χ0v) is 11.1. The second kappa shape index (κ2) is 5.88. The molecule has 2 N–H and O–H groups in total. The van der Waals surface area contributed by atoms with Gasteiger partial charge in [0.05, 0.1) is 10.5 Å². The van der Waals surface area contributed by atoms with Gasteiger partial charge in [0.15, 0.2) is 0 Å². The standard InChI is InChI=1S/C14H17N3O3/c15-9-11-8-12(4-5-13(11)17(19)20)16-10-14(18)6-2-1-3-7-14/h4-5,8,16,18H,1-3,6-7,10H2. The summed E-state index contributed by atoms with van der Waals surface area (Å²) in [6, 6.07) is 6.14. The molecule has 0 heterocycles. The summed E-state index contributed by atoms with van der Waals surface area (Å²) in [7, 11) is 0. The van der Waals surface area contributed by atoms with Gasteiger partial charge in [-0.1, -0.05) is 19.3 Å². The van der Waals surface area contributed by atoms with Crippen LogP contribution < -0.4 is 5.32 Å². The number of nitro groups is 1. The number of rotatable bonds is 4. The zero-order chi connectivity index (χ0) is 14.6. The van der Waals surface area contributed by atoms with Crippen LogP contribution in [0.15, 0.2) is 18.2 Å². The average Bonchev–Trinajstić information content (AvgIpc) is 2.45. The SMILES string of the molecule is N#Cc1cc(NCC2(O)CCCCC2)ccc1[N+](=O)[O-]. The van der Waals surface area contributed by atoms with Gasteiger partial charge < -0.3 is 10.4 Å². The van der Waals surface area contributed by atoms with Crippen molar-refractivity contribution in [3.63, 3.8) is 0 Å². The van der Waals surface area contributed by atoms with Crippen LogP contribution in [0.2, 0.25) is 0 Å². The normalized spacial score (nSPS) is 17.2. The van der Waals surface area contributed by atoms with Crippen molar-refractivity contribution in [2.75, 3.05) is 11.9 Å². The van der Waals surface area contributed by atoms with Gasteiger partial charge >= 0.3 is 0 Å². The Hall–Kier alpha value is -2.13. The van der Waals surface area contributed by atoms with Crippen molar-refractivity contribution in [2.45, 2.75) is 37.7 Å². The van der Waals surface area contributed by atoms with E-state index in [0.717, 1.165) is 32.1 Å². The molecule has 0 spiro atoms. The molecule has 106 valence electrons. The first kappa shape index (κ1) is 14.3. The van der Waals surface area contributed by atoms with Gasteiger partial charge in [-0.2, -0.15) is 5.26 Å². The minimum absolute atomic E-state index is 0.0237. The first-order valence-corrected chi connectivity index (χ1v) is 6.69. The van der Waals surface area contributed by atoms with Gasteiger partial charge in [0.25, 0.3) is 5.69 Å². The van der Waals surface area contributed by atoms with Crippen molar-refractivity contribution in [3.8, 4) is 6.07 Å². The molecule has 6 nitrogen and oxygen atoms in total. The number of benzene rings is 1. The van der Waals surface area contributed by atoms with Crippen LogP contribution in [0, 0.1) is 21.4 Å². The number of nitrogens with one attached hydrogen (secondary N) is 1. The van der Waals surface area contributed by atoms with Gasteiger partial charge in [-0.05, 0) is 25.0 Å². The maximum Gasteiger partial charge on any atom is 0.287 e. The zero-order valence-electron chi connectivity index (χ0n) is 11.1. The van der Waals surface area contributed by atoms with Crippen molar-refractivity contribution in [1.82, 2.24) is 0 Å². The third-order valence-corrected chi connectivity index (χ3v) is 3.72. The molecule has 0 amide bonds. The predicted molar refractivity (Wildman–Crippen MR) is 74.3 cm³/mol. The summed E-state index contributed by atoms with van der Waals surface area (Å²) in [5.41, 5.74) is -0.275. The number of aliphatic hydroxyl groups is 1. The number of anilines is 1. The lowest BCUT2D eigenvalue weighted by Crippen LogP contribution is -2.38. The quantitative estimate of drug-likeness (QED) is 0.650. The van der Waals surface area contributed by atoms with Crippen LogP contribution in [0.1, 0.15) is 37.7 Å². The largest absolute Gasteiger partial charge is 0.388 e. The molecule has 0 saturated heterocycles. The van der Waals surface area contributed by atoms with Crippen LogP contribution in [0.4, 0.5) is 11.4 Å². The molecule has 0 bridgehead atoms. The first-order chi connectivity index (χ1) is 9.54. The summed E-state index contributed by atoms with van der Waals surface area (Å²) >= 11 is 0. The summed E-state index contributed by atoms with van der Waals surface area (Å²) in [5, 5.41) is 33.1. The Morgan fingerprint density at radius 1 is 1.40 bits per heavy atom. The molecule has 1 saturated carbocycles. The molecule has 1 aromatic carbocycles. The number of nitriles is 1. The van der Waals surface area contributed by atoms with Gasteiger partial charge in [-0.25, -0.2) is 0 Å². The average molecular weight is 275 g/mol. The molecule has 1 aliphatic rings. The molecule has 1 aromatic rings. The van der Waals surface area contributed by atoms with Crippen molar-refractivity contribution in [2.24, 2.45) is 0 Å². The molecular formula is C14H17N3O3. The van der Waals surface area contributed by atoms with Gasteiger partial charge in [0.1, 0.15) is 11.6 Å². The molecule has 6 heteroatoms. The molecule has 0 unspecified atom stereocenters. The molecule has 2 rings (SSSR count). The van der Waals surface area contributed by atoms with E-state index in [4.69, 9.17) is 5.26 Å². The number of hydrogen-bond donors (Lipinski definition) is 2. The first-order valence-electron chi connectivity index (χ1n) is 6.69. The second-order valence-electron chi connectivity index (χ2n) is 5.24. The smallest absolute Gasteiger partial charge is 0.287 e. The second-order valence-corrected chi connectivity index (χ2v) is 5.24.